The minimum absolute atomic E-state index is 0.0369. The van der Waals surface area contributed by atoms with Crippen LogP contribution >= 0.6 is 11.3 Å². The average Bonchev–Trinajstić information content (AvgIpc) is 2.91. The van der Waals surface area contributed by atoms with Gasteiger partial charge in [-0.15, -0.1) is 11.3 Å². The summed E-state index contributed by atoms with van der Waals surface area (Å²) in [5.74, 6) is 0.492. The molecule has 3 heterocycles. The summed E-state index contributed by atoms with van der Waals surface area (Å²) in [5, 5.41) is 4.72. The van der Waals surface area contributed by atoms with Crippen LogP contribution in [0.3, 0.4) is 0 Å². The van der Waals surface area contributed by atoms with Gasteiger partial charge in [0.2, 0.25) is 5.91 Å². The molecule has 22 heavy (non-hydrogen) atoms. The molecule has 1 aromatic rings. The maximum atomic E-state index is 12.7. The molecule has 0 radical (unpaired) electrons. The molecule has 2 saturated heterocycles. The van der Waals surface area contributed by atoms with Gasteiger partial charge in [-0.1, -0.05) is 0 Å². The zero-order chi connectivity index (χ0) is 15.5. The number of piperidine rings is 1. The van der Waals surface area contributed by atoms with Gasteiger partial charge in [-0.25, -0.2) is 0 Å². The predicted octanol–water partition coefficient (Wildman–Crippen LogP) is 1.12. The zero-order valence-electron chi connectivity index (χ0n) is 12.5. The minimum Gasteiger partial charge on any atom is -0.492 e. The first-order valence-electron chi connectivity index (χ1n) is 7.59. The SMILES string of the molecule is CCOc1ccsc1C(=O)N1CC[C@@H]2C(=O)NCCO[C@@H]2C1. The van der Waals surface area contributed by atoms with E-state index < -0.39 is 0 Å². The Balaban J connectivity index is 1.72. The van der Waals surface area contributed by atoms with Crippen molar-refractivity contribution in [1.82, 2.24) is 10.2 Å². The molecule has 6 nitrogen and oxygen atoms in total. The Kier molecular flexibility index (Phi) is 4.63. The molecule has 7 heteroatoms. The summed E-state index contributed by atoms with van der Waals surface area (Å²) < 4.78 is 11.2. The van der Waals surface area contributed by atoms with E-state index >= 15 is 0 Å². The Labute approximate surface area is 133 Å². The Hall–Kier alpha value is -1.60. The van der Waals surface area contributed by atoms with Gasteiger partial charge in [-0.3, -0.25) is 9.59 Å². The van der Waals surface area contributed by atoms with Crippen molar-refractivity contribution in [2.45, 2.75) is 19.4 Å². The van der Waals surface area contributed by atoms with Gasteiger partial charge in [0.1, 0.15) is 10.6 Å². The molecular formula is C15H20N2O4S. The predicted molar refractivity (Wildman–Crippen MR) is 82.2 cm³/mol. The highest BCUT2D eigenvalue weighted by Gasteiger charge is 2.38. The van der Waals surface area contributed by atoms with Gasteiger partial charge in [0.05, 0.1) is 25.2 Å². The number of hydrogen-bond acceptors (Lipinski definition) is 5. The lowest BCUT2D eigenvalue weighted by Crippen LogP contribution is -2.50. The summed E-state index contributed by atoms with van der Waals surface area (Å²) in [6, 6.07) is 1.82. The Morgan fingerprint density at radius 1 is 1.59 bits per heavy atom. The first kappa shape index (κ1) is 15.3. The number of carbonyl (C=O) groups excluding carboxylic acids is 2. The van der Waals surface area contributed by atoms with Crippen molar-refractivity contribution in [3.8, 4) is 5.75 Å². The summed E-state index contributed by atoms with van der Waals surface area (Å²) in [7, 11) is 0. The molecule has 2 fully saturated rings. The molecule has 0 aromatic carbocycles. The van der Waals surface area contributed by atoms with Crippen LogP contribution in [-0.4, -0.2) is 55.7 Å². The van der Waals surface area contributed by atoms with E-state index in [1.807, 2.05) is 18.4 Å². The van der Waals surface area contributed by atoms with Crippen LogP contribution in [0.2, 0.25) is 0 Å². The van der Waals surface area contributed by atoms with Crippen LogP contribution in [0, 0.1) is 5.92 Å². The van der Waals surface area contributed by atoms with Crippen molar-refractivity contribution in [2.24, 2.45) is 5.92 Å². The summed E-state index contributed by atoms with van der Waals surface area (Å²) >= 11 is 1.39. The average molecular weight is 324 g/mol. The fraction of sp³-hybridized carbons (Fsp3) is 0.600. The number of thiophene rings is 1. The molecule has 0 unspecified atom stereocenters. The maximum absolute atomic E-state index is 12.7. The van der Waals surface area contributed by atoms with E-state index in [-0.39, 0.29) is 23.8 Å². The summed E-state index contributed by atoms with van der Waals surface area (Å²) in [6.07, 6.45) is 0.424. The Morgan fingerprint density at radius 2 is 2.45 bits per heavy atom. The number of likely N-dealkylation sites (tertiary alicyclic amines) is 1. The molecule has 0 spiro atoms. The molecule has 1 aromatic heterocycles. The molecule has 0 aliphatic carbocycles. The number of hydrogen-bond donors (Lipinski definition) is 1. The lowest BCUT2D eigenvalue weighted by molar-refractivity contribution is -0.129. The summed E-state index contributed by atoms with van der Waals surface area (Å²) in [6.45, 7) is 4.50. The smallest absolute Gasteiger partial charge is 0.267 e. The molecular weight excluding hydrogens is 304 g/mol. The highest BCUT2D eigenvalue weighted by Crippen LogP contribution is 2.29. The number of ether oxygens (including phenoxy) is 2. The standard InChI is InChI=1S/C15H20N2O4S/c1-2-20-11-4-8-22-13(11)15(19)17-6-3-10-12(9-17)21-7-5-16-14(10)18/h4,8,10,12H,2-3,5-7,9H2,1H3,(H,16,18)/t10-,12+/m0/s1. The normalized spacial score (nSPS) is 25.1. The van der Waals surface area contributed by atoms with Crippen LogP contribution in [0.4, 0.5) is 0 Å². The quantitative estimate of drug-likeness (QED) is 0.905. The van der Waals surface area contributed by atoms with Gasteiger partial charge in [0, 0.05) is 19.6 Å². The number of nitrogens with zero attached hydrogens (tertiary/aromatic N) is 1. The van der Waals surface area contributed by atoms with Crippen LogP contribution in [0.5, 0.6) is 5.75 Å². The number of carbonyl (C=O) groups is 2. The Morgan fingerprint density at radius 3 is 3.27 bits per heavy atom. The monoisotopic (exact) mass is 324 g/mol. The van der Waals surface area contributed by atoms with Gasteiger partial charge in [-0.05, 0) is 24.8 Å². The van der Waals surface area contributed by atoms with E-state index in [2.05, 4.69) is 5.32 Å². The van der Waals surface area contributed by atoms with E-state index in [0.29, 0.717) is 49.9 Å². The maximum Gasteiger partial charge on any atom is 0.267 e. The van der Waals surface area contributed by atoms with E-state index in [1.54, 1.807) is 4.90 Å². The Bertz CT molecular complexity index is 559. The molecule has 2 aliphatic rings. The molecule has 1 N–H and O–H groups in total. The second-order valence-corrected chi connectivity index (χ2v) is 6.31. The van der Waals surface area contributed by atoms with Crippen molar-refractivity contribution < 1.29 is 19.1 Å². The van der Waals surface area contributed by atoms with Crippen LogP contribution in [-0.2, 0) is 9.53 Å². The molecule has 0 saturated carbocycles. The van der Waals surface area contributed by atoms with Crippen LogP contribution in [0.15, 0.2) is 11.4 Å². The largest absolute Gasteiger partial charge is 0.492 e. The van der Waals surface area contributed by atoms with Crippen molar-refractivity contribution in [2.75, 3.05) is 32.8 Å². The number of fused-ring (bicyclic) bond motifs is 1. The highest BCUT2D eigenvalue weighted by atomic mass is 32.1. The zero-order valence-corrected chi connectivity index (χ0v) is 13.4. The van der Waals surface area contributed by atoms with Gasteiger partial charge < -0.3 is 19.7 Å². The third-order valence-electron chi connectivity index (χ3n) is 4.04. The summed E-state index contributed by atoms with van der Waals surface area (Å²) in [4.78, 5) is 27.1. The second kappa shape index (κ2) is 6.66. The number of nitrogens with one attached hydrogen (secondary N) is 1. The van der Waals surface area contributed by atoms with Crippen molar-refractivity contribution in [1.29, 1.82) is 0 Å². The van der Waals surface area contributed by atoms with Gasteiger partial charge in [0.15, 0.2) is 0 Å². The van der Waals surface area contributed by atoms with Crippen LogP contribution in [0.25, 0.3) is 0 Å². The second-order valence-electron chi connectivity index (χ2n) is 5.39. The van der Waals surface area contributed by atoms with E-state index in [9.17, 15) is 9.59 Å². The fourth-order valence-electron chi connectivity index (χ4n) is 2.95. The topological polar surface area (TPSA) is 67.9 Å². The van der Waals surface area contributed by atoms with Crippen LogP contribution in [0.1, 0.15) is 23.0 Å². The van der Waals surface area contributed by atoms with E-state index in [1.165, 1.54) is 11.3 Å². The molecule has 120 valence electrons. The number of rotatable bonds is 3. The third kappa shape index (κ3) is 2.96. The van der Waals surface area contributed by atoms with Crippen molar-refractivity contribution in [3.05, 3.63) is 16.3 Å². The molecule has 3 rings (SSSR count). The molecule has 2 aliphatic heterocycles. The van der Waals surface area contributed by atoms with Crippen LogP contribution < -0.4 is 10.1 Å². The minimum atomic E-state index is -0.212. The van der Waals surface area contributed by atoms with Gasteiger partial charge in [-0.2, -0.15) is 0 Å². The third-order valence-corrected chi connectivity index (χ3v) is 4.92. The fourth-order valence-corrected chi connectivity index (χ4v) is 3.75. The first-order chi connectivity index (χ1) is 10.7. The van der Waals surface area contributed by atoms with Crippen molar-refractivity contribution >= 4 is 23.2 Å². The summed E-state index contributed by atoms with van der Waals surface area (Å²) in [5.41, 5.74) is 0. The molecule has 2 amide bonds. The van der Waals surface area contributed by atoms with Crippen molar-refractivity contribution in [3.63, 3.8) is 0 Å². The van der Waals surface area contributed by atoms with Gasteiger partial charge >= 0.3 is 0 Å². The van der Waals surface area contributed by atoms with E-state index in [4.69, 9.17) is 9.47 Å². The number of amides is 2. The molecule has 2 atom stereocenters. The molecule has 0 bridgehead atoms. The first-order valence-corrected chi connectivity index (χ1v) is 8.47. The van der Waals surface area contributed by atoms with E-state index in [0.717, 1.165) is 0 Å². The van der Waals surface area contributed by atoms with Gasteiger partial charge in [0.25, 0.3) is 5.91 Å². The lowest BCUT2D eigenvalue weighted by atomic mass is 9.93. The lowest BCUT2D eigenvalue weighted by Gasteiger charge is -2.36. The highest BCUT2D eigenvalue weighted by molar-refractivity contribution is 7.12.